The lowest BCUT2D eigenvalue weighted by atomic mass is 9.88. The van der Waals surface area contributed by atoms with Gasteiger partial charge in [-0.15, -0.1) is 0 Å². The molecule has 4 aromatic rings. The fraction of sp³-hybridized carbons (Fsp3) is 0.276. The third kappa shape index (κ3) is 7.90. The molecule has 39 heavy (non-hydrogen) atoms. The molecule has 2 aromatic carbocycles. The largest absolute Gasteiger partial charge is 0.476 e. The van der Waals surface area contributed by atoms with Crippen LogP contribution in [-0.2, 0) is 4.79 Å². The summed E-state index contributed by atoms with van der Waals surface area (Å²) >= 11 is 0. The van der Waals surface area contributed by atoms with Crippen molar-refractivity contribution in [2.75, 3.05) is 26.7 Å². The number of halogens is 3. The van der Waals surface area contributed by atoms with Crippen LogP contribution in [0.1, 0.15) is 36.0 Å². The minimum absolute atomic E-state index is 0.00102. The summed E-state index contributed by atoms with van der Waals surface area (Å²) in [6.07, 6.45) is -1.16. The van der Waals surface area contributed by atoms with Crippen LogP contribution in [0, 0.1) is 0 Å². The van der Waals surface area contributed by atoms with Gasteiger partial charge in [-0.1, -0.05) is 36.4 Å². The Morgan fingerprint density at radius 2 is 1.77 bits per heavy atom. The van der Waals surface area contributed by atoms with E-state index in [1.807, 2.05) is 6.07 Å². The fourth-order valence-corrected chi connectivity index (χ4v) is 4.25. The second kappa shape index (κ2) is 13.1. The molecule has 0 atom stereocenters. The zero-order valence-corrected chi connectivity index (χ0v) is 21.5. The molecule has 0 spiro atoms. The van der Waals surface area contributed by atoms with Crippen molar-refractivity contribution in [2.45, 2.75) is 25.4 Å². The number of aromatic amines is 1. The maximum atomic E-state index is 13.8. The van der Waals surface area contributed by atoms with E-state index in [1.54, 1.807) is 74.0 Å². The van der Waals surface area contributed by atoms with Gasteiger partial charge in [-0.2, -0.15) is 18.3 Å². The van der Waals surface area contributed by atoms with Crippen molar-refractivity contribution in [2.24, 2.45) is 0 Å². The Hall–Kier alpha value is -4.18. The third-order valence-corrected chi connectivity index (χ3v) is 6.12. The van der Waals surface area contributed by atoms with E-state index in [4.69, 9.17) is 4.74 Å². The average Bonchev–Trinajstić information content (AvgIpc) is 3.41. The molecule has 2 heterocycles. The van der Waals surface area contributed by atoms with Crippen molar-refractivity contribution < 1.29 is 22.7 Å². The normalized spacial score (nSPS) is 12.3. The summed E-state index contributed by atoms with van der Waals surface area (Å²) in [5.74, 6) is 0.369. The number of amides is 1. The standard InChI is InChI=1S/C29H30F3N5O2/c1-33-26(38)8-5-13-34-14-15-39-27-12-10-22(18-35-27)28(21-9-11-25-23(16-21)19-36-37-25)24(17-29(30,31)32)20-6-3-2-4-7-20/h2-4,6-7,9-12,16,18-19,34H,5,8,13-15,17H2,1H3,(H,33,38)(H,36,37)/b28-24-. The van der Waals surface area contributed by atoms with Gasteiger partial charge in [-0.25, -0.2) is 4.98 Å². The summed E-state index contributed by atoms with van der Waals surface area (Å²) in [7, 11) is 1.61. The predicted molar refractivity (Wildman–Crippen MR) is 145 cm³/mol. The number of H-pyrrole nitrogens is 1. The maximum Gasteiger partial charge on any atom is 0.393 e. The number of hydrogen-bond acceptors (Lipinski definition) is 5. The van der Waals surface area contributed by atoms with Gasteiger partial charge in [-0.05, 0) is 53.4 Å². The Bertz CT molecular complexity index is 1400. The zero-order chi connectivity index (χ0) is 27.7. The number of carbonyl (C=O) groups excluding carboxylic acids is 1. The number of hydrogen-bond donors (Lipinski definition) is 3. The van der Waals surface area contributed by atoms with Gasteiger partial charge >= 0.3 is 6.18 Å². The lowest BCUT2D eigenvalue weighted by Gasteiger charge is -2.19. The number of rotatable bonds is 12. The van der Waals surface area contributed by atoms with Crippen LogP contribution in [-0.4, -0.2) is 54.0 Å². The molecule has 0 unspecified atom stereocenters. The van der Waals surface area contributed by atoms with E-state index < -0.39 is 12.6 Å². The van der Waals surface area contributed by atoms with E-state index in [1.165, 1.54) is 0 Å². The molecule has 0 fully saturated rings. The van der Waals surface area contributed by atoms with Crippen molar-refractivity contribution in [1.82, 2.24) is 25.8 Å². The predicted octanol–water partition coefficient (Wildman–Crippen LogP) is 5.36. The first kappa shape index (κ1) is 27.8. The third-order valence-electron chi connectivity index (χ3n) is 6.12. The Labute approximate surface area is 224 Å². The highest BCUT2D eigenvalue weighted by atomic mass is 19.4. The molecule has 0 aliphatic rings. The second-order valence-corrected chi connectivity index (χ2v) is 8.94. The van der Waals surface area contributed by atoms with Gasteiger partial charge in [0.25, 0.3) is 0 Å². The zero-order valence-electron chi connectivity index (χ0n) is 21.5. The SMILES string of the molecule is CNC(=O)CCCNCCOc1ccc(/C(=C(/CC(F)(F)F)c2ccccc2)c2ccc3[nH]ncc3c2)cn1. The van der Waals surface area contributed by atoms with Crippen LogP contribution in [0.15, 0.2) is 73.1 Å². The number of alkyl halides is 3. The maximum absolute atomic E-state index is 13.8. The van der Waals surface area contributed by atoms with Crippen LogP contribution in [0.25, 0.3) is 22.0 Å². The Morgan fingerprint density at radius 3 is 2.49 bits per heavy atom. The number of nitrogens with zero attached hydrogens (tertiary/aromatic N) is 2. The average molecular weight is 538 g/mol. The molecule has 4 rings (SSSR count). The second-order valence-electron chi connectivity index (χ2n) is 8.94. The molecule has 0 aliphatic heterocycles. The first-order chi connectivity index (χ1) is 18.8. The molecule has 0 aliphatic carbocycles. The van der Waals surface area contributed by atoms with Crippen LogP contribution >= 0.6 is 0 Å². The van der Waals surface area contributed by atoms with Gasteiger partial charge in [0.15, 0.2) is 0 Å². The smallest absolute Gasteiger partial charge is 0.393 e. The van der Waals surface area contributed by atoms with Crippen LogP contribution in [0.2, 0.25) is 0 Å². The molecule has 0 bridgehead atoms. The quantitative estimate of drug-likeness (QED) is 0.167. The van der Waals surface area contributed by atoms with E-state index in [2.05, 4.69) is 25.8 Å². The van der Waals surface area contributed by atoms with Gasteiger partial charge in [0.2, 0.25) is 11.8 Å². The molecule has 0 saturated carbocycles. The number of fused-ring (bicyclic) bond motifs is 1. The van der Waals surface area contributed by atoms with Gasteiger partial charge in [0, 0.05) is 43.2 Å². The number of pyridine rings is 1. The number of allylic oxidation sites excluding steroid dienone is 1. The molecular weight excluding hydrogens is 507 g/mol. The summed E-state index contributed by atoms with van der Waals surface area (Å²) in [4.78, 5) is 15.6. The highest BCUT2D eigenvalue weighted by Gasteiger charge is 2.31. The van der Waals surface area contributed by atoms with E-state index in [0.29, 0.717) is 60.7 Å². The van der Waals surface area contributed by atoms with Crippen LogP contribution in [0.5, 0.6) is 5.88 Å². The first-order valence-corrected chi connectivity index (χ1v) is 12.6. The van der Waals surface area contributed by atoms with Crippen LogP contribution < -0.4 is 15.4 Å². The highest BCUT2D eigenvalue weighted by Crippen LogP contribution is 2.39. The number of aromatic nitrogens is 3. The number of carbonyl (C=O) groups is 1. The van der Waals surface area contributed by atoms with Gasteiger partial charge < -0.3 is 15.4 Å². The summed E-state index contributed by atoms with van der Waals surface area (Å²) in [5.41, 5.74) is 3.05. The summed E-state index contributed by atoms with van der Waals surface area (Å²) in [6, 6.07) is 17.4. The monoisotopic (exact) mass is 537 g/mol. The summed E-state index contributed by atoms with van der Waals surface area (Å²) in [6.45, 7) is 1.60. The van der Waals surface area contributed by atoms with Gasteiger partial charge in [0.1, 0.15) is 6.61 Å². The van der Waals surface area contributed by atoms with Gasteiger partial charge in [0.05, 0.1) is 18.1 Å². The van der Waals surface area contributed by atoms with Crippen molar-refractivity contribution in [3.63, 3.8) is 0 Å². The molecule has 7 nitrogen and oxygen atoms in total. The molecule has 10 heteroatoms. The van der Waals surface area contributed by atoms with Crippen molar-refractivity contribution in [3.05, 3.63) is 89.7 Å². The Balaban J connectivity index is 1.59. The molecular formula is C29H30F3N5O2. The molecule has 204 valence electrons. The number of ether oxygens (including phenoxy) is 1. The minimum atomic E-state index is -4.42. The minimum Gasteiger partial charge on any atom is -0.476 e. The van der Waals surface area contributed by atoms with E-state index in [-0.39, 0.29) is 11.5 Å². The van der Waals surface area contributed by atoms with Crippen LogP contribution in [0.3, 0.4) is 0 Å². The summed E-state index contributed by atoms with van der Waals surface area (Å²) < 4.78 is 47.3. The molecule has 2 aromatic heterocycles. The summed E-state index contributed by atoms with van der Waals surface area (Å²) in [5, 5.41) is 13.5. The van der Waals surface area contributed by atoms with E-state index in [0.717, 1.165) is 10.9 Å². The van der Waals surface area contributed by atoms with Crippen molar-refractivity contribution >= 4 is 28.0 Å². The topological polar surface area (TPSA) is 91.9 Å². The van der Waals surface area contributed by atoms with Crippen molar-refractivity contribution in [3.8, 4) is 5.88 Å². The van der Waals surface area contributed by atoms with Gasteiger partial charge in [-0.3, -0.25) is 9.89 Å². The number of nitrogens with one attached hydrogen (secondary N) is 3. The Kier molecular flexibility index (Phi) is 9.32. The lowest BCUT2D eigenvalue weighted by molar-refractivity contribution is -0.123. The van der Waals surface area contributed by atoms with E-state index in [9.17, 15) is 18.0 Å². The Morgan fingerprint density at radius 1 is 0.974 bits per heavy atom. The van der Waals surface area contributed by atoms with Crippen molar-refractivity contribution in [1.29, 1.82) is 0 Å². The molecule has 1 amide bonds. The molecule has 3 N–H and O–H groups in total. The highest BCUT2D eigenvalue weighted by molar-refractivity contribution is 6.00. The lowest BCUT2D eigenvalue weighted by Crippen LogP contribution is -2.24. The van der Waals surface area contributed by atoms with E-state index >= 15 is 0 Å². The first-order valence-electron chi connectivity index (χ1n) is 12.6. The molecule has 0 saturated heterocycles. The van der Waals surface area contributed by atoms with Crippen LogP contribution in [0.4, 0.5) is 13.2 Å². The fourth-order valence-electron chi connectivity index (χ4n) is 4.25. The number of benzene rings is 2. The molecule has 0 radical (unpaired) electrons.